The first-order valence-electron chi connectivity index (χ1n) is 23.5. The van der Waals surface area contributed by atoms with Crippen molar-refractivity contribution in [2.75, 3.05) is 9.80 Å². The van der Waals surface area contributed by atoms with Crippen LogP contribution in [0, 0.1) is 27.7 Å². The quantitative estimate of drug-likeness (QED) is 0.127. The number of aromatic nitrogens is 4. The highest BCUT2D eigenvalue weighted by molar-refractivity contribution is 7.21. The van der Waals surface area contributed by atoms with Gasteiger partial charge in [-0.3, -0.25) is 0 Å². The van der Waals surface area contributed by atoms with Crippen LogP contribution < -0.4 is 9.80 Å². The molecule has 0 unspecified atom stereocenters. The maximum Gasteiger partial charge on any atom is 0.109 e. The van der Waals surface area contributed by atoms with Crippen LogP contribution in [0.15, 0.2) is 206 Å². The van der Waals surface area contributed by atoms with Gasteiger partial charge in [0, 0.05) is 54.4 Å². The molecule has 6 nitrogen and oxygen atoms in total. The van der Waals surface area contributed by atoms with Crippen LogP contribution in [0.5, 0.6) is 0 Å². The van der Waals surface area contributed by atoms with E-state index in [9.17, 15) is 0 Å². The first kappa shape index (κ1) is 43.0. The van der Waals surface area contributed by atoms with Crippen LogP contribution in [0.2, 0.25) is 0 Å². The summed E-state index contributed by atoms with van der Waals surface area (Å²) in [6, 6.07) is 73.3. The summed E-state index contributed by atoms with van der Waals surface area (Å²) in [5.41, 5.74) is 17.5. The normalized spacial score (nSPS) is 11.4. The predicted octanol–water partition coefficient (Wildman–Crippen LogP) is 17.7. The lowest BCUT2D eigenvalue weighted by molar-refractivity contribution is 1.09. The molecule has 0 saturated heterocycles. The lowest BCUT2D eigenvalue weighted by Gasteiger charge is -2.24. The minimum Gasteiger partial charge on any atom is -0.302 e. The lowest BCUT2D eigenvalue weighted by atomic mass is 9.93. The second kappa shape index (κ2) is 18.0. The number of aryl methyl sites for hydroxylation is 4. The fourth-order valence-corrected chi connectivity index (χ4v) is 11.8. The highest BCUT2D eigenvalue weighted by atomic mass is 32.1. The highest BCUT2D eigenvalue weighted by Crippen LogP contribution is 2.50. The number of rotatable bonds is 10. The van der Waals surface area contributed by atoms with Crippen molar-refractivity contribution in [2.24, 2.45) is 0 Å². The maximum atomic E-state index is 5.34. The topological polar surface area (TPSA) is 58.0 Å². The highest BCUT2D eigenvalue weighted by Gasteiger charge is 2.25. The second-order valence-electron chi connectivity index (χ2n) is 17.5. The van der Waals surface area contributed by atoms with E-state index in [0.29, 0.717) is 0 Å². The van der Waals surface area contributed by atoms with Crippen molar-refractivity contribution in [3.63, 3.8) is 0 Å². The molecule has 12 rings (SSSR count). The van der Waals surface area contributed by atoms with Crippen LogP contribution in [-0.2, 0) is 0 Å². The number of anilines is 6. The molecular formula is C62H46N6S2. The van der Waals surface area contributed by atoms with Crippen LogP contribution in [0.1, 0.15) is 22.8 Å². The number of para-hydroxylation sites is 4. The van der Waals surface area contributed by atoms with Crippen LogP contribution in [-0.4, -0.2) is 19.9 Å². The molecule has 4 heterocycles. The Bertz CT molecular complexity index is 3710. The zero-order valence-corrected chi connectivity index (χ0v) is 40.8. The molecular weight excluding hydrogens is 893 g/mol. The SMILES string of the molecule is Cc1nc2c(-c3ccc(-c4ccc(N(c5ccccc5)c5ccccc5)s4)cc3)c3nc(C)c(C)nc3c(-c3ccc(-c4sc(N(c5ccccc5)c5ccccc5)c5ccccc45)cc3)c2nc1C. The summed E-state index contributed by atoms with van der Waals surface area (Å²) >= 11 is 3.59. The van der Waals surface area contributed by atoms with E-state index in [4.69, 9.17) is 19.9 Å². The smallest absolute Gasteiger partial charge is 0.109 e. The Balaban J connectivity index is 0.962. The van der Waals surface area contributed by atoms with E-state index in [2.05, 4.69) is 216 Å². The Morgan fingerprint density at radius 2 is 0.671 bits per heavy atom. The molecule has 12 aromatic rings. The number of fused-ring (bicyclic) bond motifs is 3. The van der Waals surface area contributed by atoms with Crippen molar-refractivity contribution in [1.82, 2.24) is 19.9 Å². The Labute approximate surface area is 415 Å². The van der Waals surface area contributed by atoms with Gasteiger partial charge in [-0.2, -0.15) is 0 Å². The van der Waals surface area contributed by atoms with Crippen molar-refractivity contribution in [2.45, 2.75) is 27.7 Å². The van der Waals surface area contributed by atoms with Gasteiger partial charge in [0.15, 0.2) is 0 Å². The van der Waals surface area contributed by atoms with Gasteiger partial charge in [-0.1, -0.05) is 146 Å². The molecule has 0 amide bonds. The maximum absolute atomic E-state index is 5.34. The predicted molar refractivity (Wildman–Crippen MR) is 296 cm³/mol. The standard InChI is InChI=1S/C62H46N6S2/c1-39-41(3)65-59-56(45-33-35-46(36-34-45)61-51-27-17-18-28-52(51)62(70-61)68(49-23-13-7-14-24-49)50-25-15-8-16-26-50)60-58(64-40(2)42(4)66-60)55(57(59)63-39)44-31-29-43(30-32-44)53-37-38-54(69-53)67(47-19-9-5-10-20-47)48-21-11-6-12-22-48/h5-38H,1-4H3. The summed E-state index contributed by atoms with van der Waals surface area (Å²) in [7, 11) is 0. The Morgan fingerprint density at radius 3 is 1.10 bits per heavy atom. The molecule has 0 bridgehead atoms. The van der Waals surface area contributed by atoms with Crippen LogP contribution in [0.4, 0.5) is 32.8 Å². The fraction of sp³-hybridized carbons (Fsp3) is 0.0645. The Morgan fingerprint density at radius 1 is 0.314 bits per heavy atom. The minimum absolute atomic E-state index is 0.815. The molecule has 0 aliphatic heterocycles. The zero-order chi connectivity index (χ0) is 47.3. The third-order valence-corrected chi connectivity index (χ3v) is 15.5. The number of thiophene rings is 2. The van der Waals surface area contributed by atoms with Crippen LogP contribution >= 0.6 is 22.7 Å². The van der Waals surface area contributed by atoms with Gasteiger partial charge in [0.2, 0.25) is 0 Å². The molecule has 0 spiro atoms. The Hall–Kier alpha value is -8.30. The van der Waals surface area contributed by atoms with Crippen molar-refractivity contribution < 1.29 is 0 Å². The van der Waals surface area contributed by atoms with Gasteiger partial charge in [0.1, 0.15) is 10.0 Å². The number of benzene rings is 8. The number of hydrogen-bond donors (Lipinski definition) is 0. The molecule has 0 fully saturated rings. The molecule has 0 radical (unpaired) electrons. The monoisotopic (exact) mass is 938 g/mol. The van der Waals surface area contributed by atoms with E-state index in [-0.39, 0.29) is 0 Å². The molecule has 70 heavy (non-hydrogen) atoms. The van der Waals surface area contributed by atoms with Gasteiger partial charge >= 0.3 is 0 Å². The third kappa shape index (κ3) is 7.68. The summed E-state index contributed by atoms with van der Waals surface area (Å²) in [4.78, 5) is 28.4. The minimum atomic E-state index is 0.815. The molecule has 0 atom stereocenters. The molecule has 8 aromatic carbocycles. The van der Waals surface area contributed by atoms with Crippen LogP contribution in [0.25, 0.3) is 76.0 Å². The van der Waals surface area contributed by atoms with Crippen molar-refractivity contribution >= 4 is 88.3 Å². The van der Waals surface area contributed by atoms with Gasteiger partial charge in [-0.15, -0.1) is 22.7 Å². The molecule has 0 saturated carbocycles. The molecule has 0 aliphatic carbocycles. The largest absolute Gasteiger partial charge is 0.302 e. The van der Waals surface area contributed by atoms with Gasteiger partial charge in [-0.05, 0) is 111 Å². The average molecular weight is 939 g/mol. The van der Waals surface area contributed by atoms with Crippen molar-refractivity contribution in [1.29, 1.82) is 0 Å². The van der Waals surface area contributed by atoms with Crippen molar-refractivity contribution in [3.8, 4) is 43.1 Å². The lowest BCUT2D eigenvalue weighted by Crippen LogP contribution is -2.08. The van der Waals surface area contributed by atoms with E-state index >= 15 is 0 Å². The third-order valence-electron chi connectivity index (χ3n) is 13.1. The number of nitrogens with zero attached hydrogens (tertiary/aromatic N) is 6. The van der Waals surface area contributed by atoms with Gasteiger partial charge in [0.25, 0.3) is 0 Å². The summed E-state index contributed by atoms with van der Waals surface area (Å²) < 4.78 is 0. The molecule has 336 valence electrons. The second-order valence-corrected chi connectivity index (χ2v) is 19.6. The van der Waals surface area contributed by atoms with E-state index in [1.54, 1.807) is 11.3 Å². The summed E-state index contributed by atoms with van der Waals surface area (Å²) in [6.07, 6.45) is 0. The zero-order valence-electron chi connectivity index (χ0n) is 39.1. The average Bonchev–Trinajstić information content (AvgIpc) is 4.04. The fourth-order valence-electron chi connectivity index (χ4n) is 9.42. The van der Waals surface area contributed by atoms with E-state index in [1.165, 1.54) is 25.5 Å². The van der Waals surface area contributed by atoms with Gasteiger partial charge in [0.05, 0.1) is 44.8 Å². The molecule has 0 N–H and O–H groups in total. The summed E-state index contributed by atoms with van der Waals surface area (Å²) in [5.74, 6) is 0. The first-order chi connectivity index (χ1) is 34.4. The van der Waals surface area contributed by atoms with E-state index in [0.717, 1.165) is 106 Å². The molecule has 8 heteroatoms. The molecule has 0 aliphatic rings. The Kier molecular flexibility index (Phi) is 11.0. The first-order valence-corrected chi connectivity index (χ1v) is 25.1. The summed E-state index contributed by atoms with van der Waals surface area (Å²) in [5, 5.41) is 4.74. The number of hydrogen-bond acceptors (Lipinski definition) is 8. The van der Waals surface area contributed by atoms with Crippen molar-refractivity contribution in [3.05, 3.63) is 229 Å². The van der Waals surface area contributed by atoms with E-state index < -0.39 is 0 Å². The van der Waals surface area contributed by atoms with Gasteiger partial charge in [-0.25, -0.2) is 19.9 Å². The van der Waals surface area contributed by atoms with Gasteiger partial charge < -0.3 is 9.80 Å². The summed E-state index contributed by atoms with van der Waals surface area (Å²) in [6.45, 7) is 8.16. The van der Waals surface area contributed by atoms with E-state index in [1.807, 2.05) is 39.0 Å². The van der Waals surface area contributed by atoms with Crippen LogP contribution in [0.3, 0.4) is 0 Å². The molecule has 4 aromatic heterocycles.